The average molecular weight is 376 g/mol. The Bertz CT molecular complexity index is 890. The van der Waals surface area contributed by atoms with Gasteiger partial charge in [0.25, 0.3) is 0 Å². The van der Waals surface area contributed by atoms with Crippen molar-refractivity contribution in [1.29, 1.82) is 0 Å². The fourth-order valence-corrected chi connectivity index (χ4v) is 6.14. The van der Waals surface area contributed by atoms with Gasteiger partial charge >= 0.3 is 5.97 Å². The highest BCUT2D eigenvalue weighted by atomic mass is 16.5. The molecule has 146 valence electrons. The minimum absolute atomic E-state index is 0.0637. The van der Waals surface area contributed by atoms with Gasteiger partial charge in [-0.25, -0.2) is 4.79 Å². The third-order valence-corrected chi connectivity index (χ3v) is 7.82. The summed E-state index contributed by atoms with van der Waals surface area (Å²) in [5.41, 5.74) is 3.36. The first-order chi connectivity index (χ1) is 13.5. The van der Waals surface area contributed by atoms with Crippen molar-refractivity contribution in [3.05, 3.63) is 65.2 Å². The summed E-state index contributed by atoms with van der Waals surface area (Å²) in [4.78, 5) is 12.4. The third-order valence-electron chi connectivity index (χ3n) is 7.82. The number of carbonyl (C=O) groups is 1. The summed E-state index contributed by atoms with van der Waals surface area (Å²) in [6, 6.07) is 15.3. The Hall–Kier alpha value is -2.13. The molecule has 2 aromatic rings. The normalized spacial score (nSPS) is 33.5. The van der Waals surface area contributed by atoms with Crippen LogP contribution < -0.4 is 4.74 Å². The van der Waals surface area contributed by atoms with E-state index in [1.165, 1.54) is 30.4 Å². The number of hydrogen-bond donors (Lipinski definition) is 1. The summed E-state index contributed by atoms with van der Waals surface area (Å²) in [6.45, 7) is 2.30. The van der Waals surface area contributed by atoms with E-state index in [1.54, 1.807) is 12.1 Å². The topological polar surface area (TPSA) is 46.5 Å². The van der Waals surface area contributed by atoms with Crippen LogP contribution >= 0.6 is 0 Å². The van der Waals surface area contributed by atoms with E-state index < -0.39 is 0 Å². The average Bonchev–Trinajstić information content (AvgIpc) is 3.00. The van der Waals surface area contributed by atoms with Gasteiger partial charge in [-0.15, -0.1) is 0 Å². The van der Waals surface area contributed by atoms with Gasteiger partial charge in [-0.3, -0.25) is 0 Å². The molecular formula is C25H28O3. The molecule has 5 unspecified atom stereocenters. The van der Waals surface area contributed by atoms with Crippen LogP contribution in [0.25, 0.3) is 0 Å². The molecule has 3 heteroatoms. The molecule has 0 spiro atoms. The van der Waals surface area contributed by atoms with Gasteiger partial charge in [0.15, 0.2) is 0 Å². The molecule has 2 saturated carbocycles. The van der Waals surface area contributed by atoms with Crippen LogP contribution in [0.1, 0.15) is 66.4 Å². The molecule has 0 amide bonds. The molecular weight excluding hydrogens is 348 g/mol. The largest absolute Gasteiger partial charge is 0.423 e. The molecule has 3 aliphatic carbocycles. The van der Waals surface area contributed by atoms with Crippen molar-refractivity contribution < 1.29 is 14.6 Å². The van der Waals surface area contributed by atoms with Gasteiger partial charge < -0.3 is 9.84 Å². The Kier molecular flexibility index (Phi) is 4.31. The molecule has 5 rings (SSSR count). The van der Waals surface area contributed by atoms with Crippen molar-refractivity contribution in [2.24, 2.45) is 17.3 Å². The van der Waals surface area contributed by atoms with Crippen LogP contribution in [-0.2, 0) is 6.42 Å². The third kappa shape index (κ3) is 2.88. The highest BCUT2D eigenvalue weighted by Crippen LogP contribution is 2.60. The van der Waals surface area contributed by atoms with E-state index in [9.17, 15) is 9.90 Å². The van der Waals surface area contributed by atoms with Gasteiger partial charge in [0.2, 0.25) is 0 Å². The summed E-state index contributed by atoms with van der Waals surface area (Å²) in [7, 11) is 0. The first-order valence-electron chi connectivity index (χ1n) is 10.6. The van der Waals surface area contributed by atoms with Crippen LogP contribution in [0, 0.1) is 17.3 Å². The van der Waals surface area contributed by atoms with Crippen LogP contribution in [0.4, 0.5) is 0 Å². The monoisotopic (exact) mass is 376 g/mol. The Morgan fingerprint density at radius 3 is 2.75 bits per heavy atom. The lowest BCUT2D eigenvalue weighted by Gasteiger charge is -2.49. The zero-order valence-corrected chi connectivity index (χ0v) is 16.4. The molecule has 0 saturated heterocycles. The molecule has 28 heavy (non-hydrogen) atoms. The van der Waals surface area contributed by atoms with E-state index in [-0.39, 0.29) is 17.5 Å². The van der Waals surface area contributed by atoms with Gasteiger partial charge in [0.05, 0.1) is 11.7 Å². The van der Waals surface area contributed by atoms with Crippen LogP contribution in [0.3, 0.4) is 0 Å². The van der Waals surface area contributed by atoms with Crippen molar-refractivity contribution in [1.82, 2.24) is 0 Å². The molecule has 1 N–H and O–H groups in total. The zero-order valence-electron chi connectivity index (χ0n) is 16.4. The second-order valence-electron chi connectivity index (χ2n) is 9.26. The number of fused-ring (bicyclic) bond motifs is 4. The number of carbonyl (C=O) groups excluding carboxylic acids is 1. The van der Waals surface area contributed by atoms with Crippen molar-refractivity contribution in [3.8, 4) is 5.75 Å². The van der Waals surface area contributed by atoms with Crippen molar-refractivity contribution >= 4 is 5.97 Å². The number of ether oxygens (including phenoxy) is 1. The fraction of sp³-hybridized carbons (Fsp3) is 0.480. The summed E-state index contributed by atoms with van der Waals surface area (Å²) < 4.78 is 5.63. The molecule has 0 aromatic heterocycles. The van der Waals surface area contributed by atoms with Gasteiger partial charge in [0.1, 0.15) is 5.75 Å². The smallest absolute Gasteiger partial charge is 0.343 e. The minimum Gasteiger partial charge on any atom is -0.423 e. The first-order valence-corrected chi connectivity index (χ1v) is 10.6. The van der Waals surface area contributed by atoms with Gasteiger partial charge in [-0.2, -0.15) is 0 Å². The maximum atomic E-state index is 12.4. The predicted octanol–water partition coefficient (Wildman–Crippen LogP) is 5.12. The van der Waals surface area contributed by atoms with Crippen molar-refractivity contribution in [2.45, 2.75) is 57.5 Å². The summed E-state index contributed by atoms with van der Waals surface area (Å²) >= 11 is 0. The first kappa shape index (κ1) is 17.9. The van der Waals surface area contributed by atoms with E-state index in [1.807, 2.05) is 24.3 Å². The Labute approximate surface area is 166 Å². The number of benzene rings is 2. The van der Waals surface area contributed by atoms with Crippen LogP contribution in [-0.4, -0.2) is 17.2 Å². The van der Waals surface area contributed by atoms with Crippen molar-refractivity contribution in [3.63, 3.8) is 0 Å². The predicted molar refractivity (Wildman–Crippen MR) is 108 cm³/mol. The number of aliphatic hydroxyl groups excluding tert-OH is 1. The van der Waals surface area contributed by atoms with Crippen LogP contribution in [0.2, 0.25) is 0 Å². The second kappa shape index (κ2) is 6.73. The lowest BCUT2D eigenvalue weighted by molar-refractivity contribution is -0.0132. The number of esters is 1. The lowest BCUT2D eigenvalue weighted by Crippen LogP contribution is -2.42. The van der Waals surface area contributed by atoms with Gasteiger partial charge in [-0.05, 0) is 97.1 Å². The molecule has 2 aromatic carbocycles. The SMILES string of the molecule is CC12CC3c4ccc(OC(=O)c5ccccc5)cc4CCC3CC1CCC2O. The molecule has 0 heterocycles. The quantitative estimate of drug-likeness (QED) is 0.584. The maximum Gasteiger partial charge on any atom is 0.343 e. The molecule has 0 bridgehead atoms. The minimum atomic E-state index is -0.309. The summed E-state index contributed by atoms with van der Waals surface area (Å²) in [5.74, 6) is 2.25. The number of aliphatic hydroxyl groups is 1. The zero-order chi connectivity index (χ0) is 19.3. The lowest BCUT2D eigenvalue weighted by atomic mass is 9.56. The fourth-order valence-electron chi connectivity index (χ4n) is 6.14. The van der Waals surface area contributed by atoms with E-state index >= 15 is 0 Å². The molecule has 3 nitrogen and oxygen atoms in total. The maximum absolute atomic E-state index is 12.4. The second-order valence-corrected chi connectivity index (χ2v) is 9.26. The molecule has 5 atom stereocenters. The molecule has 0 aliphatic heterocycles. The number of hydrogen-bond acceptors (Lipinski definition) is 3. The van der Waals surface area contributed by atoms with E-state index in [0.29, 0.717) is 23.1 Å². The van der Waals surface area contributed by atoms with E-state index in [0.717, 1.165) is 25.2 Å². The van der Waals surface area contributed by atoms with E-state index in [4.69, 9.17) is 4.74 Å². The number of aryl methyl sites for hydroxylation is 1. The molecule has 3 aliphatic rings. The van der Waals surface area contributed by atoms with E-state index in [2.05, 4.69) is 19.1 Å². The van der Waals surface area contributed by atoms with Crippen LogP contribution in [0.15, 0.2) is 48.5 Å². The Morgan fingerprint density at radius 2 is 1.93 bits per heavy atom. The molecule has 2 fully saturated rings. The standard InChI is InChI=1S/C25H28O3/c1-25-15-22-17(13-19(25)9-12-23(25)26)7-8-18-14-20(10-11-21(18)22)28-24(27)16-5-3-2-4-6-16/h2-6,10-11,14,17,19,22-23,26H,7-9,12-13,15H2,1H3. The van der Waals surface area contributed by atoms with Gasteiger partial charge in [-0.1, -0.05) is 31.2 Å². The highest BCUT2D eigenvalue weighted by molar-refractivity contribution is 5.91. The Balaban J connectivity index is 1.39. The van der Waals surface area contributed by atoms with Gasteiger partial charge in [0, 0.05) is 0 Å². The van der Waals surface area contributed by atoms with Crippen molar-refractivity contribution in [2.75, 3.05) is 0 Å². The summed E-state index contributed by atoms with van der Waals surface area (Å²) in [6.07, 6.45) is 6.58. The Morgan fingerprint density at radius 1 is 1.11 bits per heavy atom. The van der Waals surface area contributed by atoms with Crippen LogP contribution in [0.5, 0.6) is 5.75 Å². The highest BCUT2D eigenvalue weighted by Gasteiger charge is 2.52. The molecule has 0 radical (unpaired) electrons. The summed E-state index contributed by atoms with van der Waals surface area (Å²) in [5, 5.41) is 10.6. The number of rotatable bonds is 2.